The minimum Gasteiger partial charge on any atom is -0.466 e. The number of carbonyl (C=O) groups excluding carboxylic acids is 1. The smallest absolute Gasteiger partial charge is 0.309 e. The Balaban J connectivity index is 1.98. The molecular weight excluding hydrogens is 152 g/mol. The van der Waals surface area contributed by atoms with E-state index in [1.165, 1.54) is 6.42 Å². The lowest BCUT2D eigenvalue weighted by atomic mass is 9.94. The average molecular weight is 166 g/mol. The molecule has 3 atom stereocenters. The number of ether oxygens (including phenoxy) is 1. The molecule has 0 aromatic rings. The van der Waals surface area contributed by atoms with Crippen molar-refractivity contribution >= 4 is 5.97 Å². The van der Waals surface area contributed by atoms with Gasteiger partial charge in [-0.2, -0.15) is 0 Å². The van der Waals surface area contributed by atoms with Gasteiger partial charge < -0.3 is 4.74 Å². The molecule has 0 heterocycles. The Morgan fingerprint density at radius 1 is 1.50 bits per heavy atom. The second-order valence-corrected chi connectivity index (χ2v) is 3.64. The van der Waals surface area contributed by atoms with Crippen LogP contribution in [-0.2, 0) is 9.53 Å². The van der Waals surface area contributed by atoms with E-state index in [0.717, 1.165) is 6.42 Å². The second-order valence-electron chi connectivity index (χ2n) is 3.64. The third kappa shape index (κ3) is 1.15. The van der Waals surface area contributed by atoms with Crippen LogP contribution >= 0.6 is 0 Å². The van der Waals surface area contributed by atoms with Gasteiger partial charge in [0.05, 0.1) is 12.5 Å². The predicted octanol–water partition coefficient (Wildman–Crippen LogP) is 1.76. The van der Waals surface area contributed by atoms with Crippen LogP contribution in [0.5, 0.6) is 0 Å². The van der Waals surface area contributed by atoms with E-state index in [0.29, 0.717) is 18.4 Å². The molecule has 2 rings (SSSR count). The maximum Gasteiger partial charge on any atom is 0.309 e. The normalized spacial score (nSPS) is 37.2. The summed E-state index contributed by atoms with van der Waals surface area (Å²) in [5, 5.41) is 0. The van der Waals surface area contributed by atoms with E-state index in [1.807, 2.05) is 6.92 Å². The van der Waals surface area contributed by atoms with Crippen molar-refractivity contribution in [1.29, 1.82) is 0 Å². The molecule has 0 amide bonds. The molecule has 0 saturated heterocycles. The summed E-state index contributed by atoms with van der Waals surface area (Å²) < 4.78 is 5.01. The molecule has 0 aliphatic heterocycles. The number of allylic oxidation sites excluding steroid dienone is 2. The van der Waals surface area contributed by atoms with Crippen LogP contribution in [0.4, 0.5) is 0 Å². The molecular formula is C10H14O2. The van der Waals surface area contributed by atoms with Gasteiger partial charge in [-0.3, -0.25) is 4.79 Å². The minimum absolute atomic E-state index is 0.00866. The zero-order valence-corrected chi connectivity index (χ0v) is 7.32. The minimum atomic E-state index is 0.00866. The summed E-state index contributed by atoms with van der Waals surface area (Å²) >= 11 is 0. The molecule has 1 saturated carbocycles. The van der Waals surface area contributed by atoms with Gasteiger partial charge in [-0.25, -0.2) is 0 Å². The van der Waals surface area contributed by atoms with Crippen molar-refractivity contribution in [2.24, 2.45) is 17.8 Å². The fourth-order valence-corrected chi connectivity index (χ4v) is 2.30. The van der Waals surface area contributed by atoms with Crippen LogP contribution in [0.3, 0.4) is 0 Å². The SMILES string of the molecule is CCOC(=O)[C@H]1C[C@H]2C=C[C@H]1C2. The molecule has 2 heteroatoms. The van der Waals surface area contributed by atoms with Crippen molar-refractivity contribution in [3.63, 3.8) is 0 Å². The number of fused-ring (bicyclic) bond motifs is 2. The third-order valence-corrected chi connectivity index (χ3v) is 2.87. The molecule has 2 bridgehead atoms. The zero-order chi connectivity index (χ0) is 8.55. The topological polar surface area (TPSA) is 26.3 Å². The molecule has 0 spiro atoms. The quantitative estimate of drug-likeness (QED) is 0.461. The molecule has 1 fully saturated rings. The highest BCUT2D eigenvalue weighted by molar-refractivity contribution is 5.74. The number of carbonyl (C=O) groups is 1. The Labute approximate surface area is 72.6 Å². The lowest BCUT2D eigenvalue weighted by Crippen LogP contribution is -2.21. The standard InChI is InChI=1S/C10H14O2/c1-2-12-10(11)9-6-7-3-4-8(9)5-7/h3-4,7-9H,2,5-6H2,1H3/t7-,8-,9-/m0/s1. The van der Waals surface area contributed by atoms with Crippen LogP contribution in [0.15, 0.2) is 12.2 Å². The molecule has 0 unspecified atom stereocenters. The van der Waals surface area contributed by atoms with Gasteiger partial charge in [-0.15, -0.1) is 0 Å². The van der Waals surface area contributed by atoms with Gasteiger partial charge in [0.1, 0.15) is 0 Å². The monoisotopic (exact) mass is 166 g/mol. The van der Waals surface area contributed by atoms with Crippen molar-refractivity contribution < 1.29 is 9.53 Å². The Kier molecular flexibility index (Phi) is 1.91. The number of hydrogen-bond acceptors (Lipinski definition) is 2. The maximum atomic E-state index is 11.4. The van der Waals surface area contributed by atoms with E-state index < -0.39 is 0 Å². The first kappa shape index (κ1) is 7.84. The third-order valence-electron chi connectivity index (χ3n) is 2.87. The first-order chi connectivity index (χ1) is 5.81. The summed E-state index contributed by atoms with van der Waals surface area (Å²) in [5.41, 5.74) is 0. The highest BCUT2D eigenvalue weighted by Gasteiger charge is 2.40. The first-order valence-corrected chi connectivity index (χ1v) is 4.66. The predicted molar refractivity (Wildman–Crippen MR) is 45.5 cm³/mol. The summed E-state index contributed by atoms with van der Waals surface area (Å²) in [4.78, 5) is 11.4. The zero-order valence-electron chi connectivity index (χ0n) is 7.32. The van der Waals surface area contributed by atoms with Gasteiger partial charge in [0.15, 0.2) is 0 Å². The number of esters is 1. The van der Waals surface area contributed by atoms with E-state index in [1.54, 1.807) is 0 Å². The highest BCUT2D eigenvalue weighted by atomic mass is 16.5. The molecule has 0 N–H and O–H groups in total. The van der Waals surface area contributed by atoms with E-state index in [-0.39, 0.29) is 11.9 Å². The van der Waals surface area contributed by atoms with Gasteiger partial charge in [0.2, 0.25) is 0 Å². The number of rotatable bonds is 2. The lowest BCUT2D eigenvalue weighted by Gasteiger charge is -2.15. The van der Waals surface area contributed by atoms with E-state index in [4.69, 9.17) is 4.74 Å². The van der Waals surface area contributed by atoms with Crippen molar-refractivity contribution in [3.8, 4) is 0 Å². The van der Waals surface area contributed by atoms with Crippen LogP contribution in [0.25, 0.3) is 0 Å². The Hall–Kier alpha value is -0.790. The highest BCUT2D eigenvalue weighted by Crippen LogP contribution is 2.43. The summed E-state index contributed by atoms with van der Waals surface area (Å²) in [6.07, 6.45) is 6.60. The molecule has 2 aliphatic rings. The van der Waals surface area contributed by atoms with E-state index >= 15 is 0 Å². The molecule has 2 aliphatic carbocycles. The molecule has 2 nitrogen and oxygen atoms in total. The van der Waals surface area contributed by atoms with E-state index in [2.05, 4.69) is 12.2 Å². The lowest BCUT2D eigenvalue weighted by molar-refractivity contribution is -0.148. The summed E-state index contributed by atoms with van der Waals surface area (Å²) in [6.45, 7) is 2.37. The molecule has 66 valence electrons. The molecule has 0 aromatic heterocycles. The summed E-state index contributed by atoms with van der Waals surface area (Å²) in [5.74, 6) is 1.31. The van der Waals surface area contributed by atoms with Gasteiger partial charge in [0, 0.05) is 0 Å². The van der Waals surface area contributed by atoms with Crippen LogP contribution in [0.2, 0.25) is 0 Å². The van der Waals surface area contributed by atoms with Gasteiger partial charge in [-0.1, -0.05) is 12.2 Å². The molecule has 0 aromatic carbocycles. The van der Waals surface area contributed by atoms with Crippen molar-refractivity contribution in [2.45, 2.75) is 19.8 Å². The summed E-state index contributed by atoms with van der Waals surface area (Å²) in [7, 11) is 0. The second kappa shape index (κ2) is 2.92. The van der Waals surface area contributed by atoms with Gasteiger partial charge in [0.25, 0.3) is 0 Å². The van der Waals surface area contributed by atoms with Crippen LogP contribution < -0.4 is 0 Å². The fourth-order valence-electron chi connectivity index (χ4n) is 2.30. The van der Waals surface area contributed by atoms with Crippen molar-refractivity contribution in [1.82, 2.24) is 0 Å². The maximum absolute atomic E-state index is 11.4. The van der Waals surface area contributed by atoms with E-state index in [9.17, 15) is 4.79 Å². The largest absolute Gasteiger partial charge is 0.466 e. The van der Waals surface area contributed by atoms with Crippen LogP contribution in [0.1, 0.15) is 19.8 Å². The first-order valence-electron chi connectivity index (χ1n) is 4.66. The van der Waals surface area contributed by atoms with Crippen LogP contribution in [0, 0.1) is 17.8 Å². The Morgan fingerprint density at radius 3 is 2.83 bits per heavy atom. The van der Waals surface area contributed by atoms with Gasteiger partial charge >= 0.3 is 5.97 Å². The average Bonchev–Trinajstić information content (AvgIpc) is 2.64. The summed E-state index contributed by atoms with van der Waals surface area (Å²) in [6, 6.07) is 0. The number of hydrogen-bond donors (Lipinski definition) is 0. The van der Waals surface area contributed by atoms with Gasteiger partial charge in [-0.05, 0) is 31.6 Å². The Bertz CT molecular complexity index is 220. The van der Waals surface area contributed by atoms with Crippen LogP contribution in [-0.4, -0.2) is 12.6 Å². The molecule has 0 radical (unpaired) electrons. The Morgan fingerprint density at radius 2 is 2.33 bits per heavy atom. The van der Waals surface area contributed by atoms with Crippen molar-refractivity contribution in [2.75, 3.05) is 6.61 Å². The van der Waals surface area contributed by atoms with Crippen molar-refractivity contribution in [3.05, 3.63) is 12.2 Å². The molecule has 12 heavy (non-hydrogen) atoms. The fraction of sp³-hybridized carbons (Fsp3) is 0.700.